The van der Waals surface area contributed by atoms with Gasteiger partial charge in [0.25, 0.3) is 0 Å². The van der Waals surface area contributed by atoms with Gasteiger partial charge in [0.15, 0.2) is 0 Å². The van der Waals surface area contributed by atoms with Crippen molar-refractivity contribution in [1.29, 1.82) is 0 Å². The standard InChI is InChI=1S/C8H9.C8H17/c1-2-8-6-4-3-5-7-8;1-3-5-7-8-6-4-2/h3-7H,1-2H2;1,3-8H2,2H3. The molecule has 1 rings (SSSR count). The highest BCUT2D eigenvalue weighted by Crippen LogP contribution is 2.03. The minimum absolute atomic E-state index is 0.890. The fourth-order valence-corrected chi connectivity index (χ4v) is 1.43. The molecule has 0 bridgehead atoms. The van der Waals surface area contributed by atoms with E-state index in [1.54, 1.807) is 0 Å². The zero-order chi connectivity index (χ0) is 12.1. The van der Waals surface area contributed by atoms with Crippen LogP contribution in [0.2, 0.25) is 0 Å². The van der Waals surface area contributed by atoms with E-state index < -0.39 is 0 Å². The Morgan fingerprint density at radius 3 is 1.94 bits per heavy atom. The average Bonchev–Trinajstić information content (AvgIpc) is 2.36. The summed E-state index contributed by atoms with van der Waals surface area (Å²) in [5, 5.41) is 0. The predicted octanol–water partition coefficient (Wildman–Crippen LogP) is 5.24. The van der Waals surface area contributed by atoms with Gasteiger partial charge in [-0.05, 0) is 18.9 Å². The first-order chi connectivity index (χ1) is 7.85. The number of unbranched alkanes of at least 4 members (excludes halogenated alkanes) is 5. The highest BCUT2D eigenvalue weighted by Gasteiger charge is 1.83. The van der Waals surface area contributed by atoms with E-state index in [0.717, 1.165) is 12.8 Å². The van der Waals surface area contributed by atoms with Crippen LogP contribution in [0.5, 0.6) is 0 Å². The quantitative estimate of drug-likeness (QED) is 0.572. The monoisotopic (exact) mass is 218 g/mol. The van der Waals surface area contributed by atoms with Crippen molar-refractivity contribution >= 4 is 0 Å². The number of rotatable bonds is 6. The van der Waals surface area contributed by atoms with Gasteiger partial charge in [0.1, 0.15) is 0 Å². The maximum absolute atomic E-state index is 3.78. The molecule has 2 radical (unpaired) electrons. The molecule has 0 unspecified atom stereocenters. The molecular weight excluding hydrogens is 192 g/mol. The molecule has 1 aromatic carbocycles. The van der Waals surface area contributed by atoms with Crippen LogP contribution in [0.1, 0.15) is 51.0 Å². The van der Waals surface area contributed by atoms with E-state index >= 15 is 0 Å². The molecule has 0 fully saturated rings. The molecule has 0 heterocycles. The Kier molecular flexibility index (Phi) is 11.7. The van der Waals surface area contributed by atoms with Gasteiger partial charge in [0.2, 0.25) is 0 Å². The Hall–Kier alpha value is -0.780. The van der Waals surface area contributed by atoms with Gasteiger partial charge in [-0.15, -0.1) is 0 Å². The van der Waals surface area contributed by atoms with Crippen molar-refractivity contribution in [3.8, 4) is 0 Å². The topological polar surface area (TPSA) is 0 Å². The lowest BCUT2D eigenvalue weighted by Crippen LogP contribution is -1.74. The SMILES string of the molecule is [CH2]CCCCCCC.[CH2]Cc1ccccc1. The minimum Gasteiger partial charge on any atom is -0.0654 e. The number of hydrogen-bond acceptors (Lipinski definition) is 0. The molecular formula is C16H26. The molecule has 0 aliphatic carbocycles. The molecule has 0 aliphatic rings. The second kappa shape index (κ2) is 12.3. The lowest BCUT2D eigenvalue weighted by Gasteiger charge is -1.93. The summed E-state index contributed by atoms with van der Waals surface area (Å²) in [6.45, 7) is 9.78. The van der Waals surface area contributed by atoms with Gasteiger partial charge in [0, 0.05) is 0 Å². The number of hydrogen-bond donors (Lipinski definition) is 0. The Balaban J connectivity index is 0.000000281. The predicted molar refractivity (Wildman–Crippen MR) is 74.2 cm³/mol. The maximum atomic E-state index is 3.78. The molecule has 0 saturated heterocycles. The van der Waals surface area contributed by atoms with Crippen LogP contribution >= 0.6 is 0 Å². The highest BCUT2D eigenvalue weighted by molar-refractivity contribution is 5.14. The van der Waals surface area contributed by atoms with Crippen LogP contribution in [0.3, 0.4) is 0 Å². The Morgan fingerprint density at radius 2 is 1.50 bits per heavy atom. The lowest BCUT2D eigenvalue weighted by molar-refractivity contribution is 0.637. The smallest absolute Gasteiger partial charge is 0.0279 e. The van der Waals surface area contributed by atoms with Crippen LogP contribution in [0, 0.1) is 13.8 Å². The summed E-state index contributed by atoms with van der Waals surface area (Å²) in [7, 11) is 0. The fraction of sp³-hybridized carbons (Fsp3) is 0.500. The third-order valence-corrected chi connectivity index (χ3v) is 2.49. The fourth-order valence-electron chi connectivity index (χ4n) is 1.43. The Morgan fingerprint density at radius 1 is 0.875 bits per heavy atom. The first-order valence-corrected chi connectivity index (χ1v) is 6.47. The molecule has 0 aromatic heterocycles. The van der Waals surface area contributed by atoms with Gasteiger partial charge in [-0.3, -0.25) is 0 Å². The summed E-state index contributed by atoms with van der Waals surface area (Å²) in [4.78, 5) is 0. The summed E-state index contributed by atoms with van der Waals surface area (Å²) in [5.41, 5.74) is 1.30. The minimum atomic E-state index is 0.890. The first kappa shape index (κ1) is 15.2. The normalized spacial score (nSPS) is 9.44. The molecule has 90 valence electrons. The molecule has 0 atom stereocenters. The Bertz CT molecular complexity index is 207. The van der Waals surface area contributed by atoms with Crippen LogP contribution < -0.4 is 0 Å². The van der Waals surface area contributed by atoms with Crippen LogP contribution in [0.15, 0.2) is 30.3 Å². The summed E-state index contributed by atoms with van der Waals surface area (Å²) >= 11 is 0. The largest absolute Gasteiger partial charge is 0.0654 e. The van der Waals surface area contributed by atoms with Crippen LogP contribution in [-0.2, 0) is 6.42 Å². The van der Waals surface area contributed by atoms with Crippen LogP contribution in [-0.4, -0.2) is 0 Å². The van der Waals surface area contributed by atoms with Crippen LogP contribution in [0.4, 0.5) is 0 Å². The lowest BCUT2D eigenvalue weighted by atomic mass is 10.1. The van der Waals surface area contributed by atoms with Crippen molar-refractivity contribution in [2.24, 2.45) is 0 Å². The summed E-state index contributed by atoms with van der Waals surface area (Å²) < 4.78 is 0. The molecule has 0 heteroatoms. The van der Waals surface area contributed by atoms with Gasteiger partial charge < -0.3 is 0 Å². The molecule has 1 aromatic rings. The van der Waals surface area contributed by atoms with E-state index in [4.69, 9.17) is 0 Å². The van der Waals surface area contributed by atoms with E-state index in [2.05, 4.69) is 32.9 Å². The zero-order valence-corrected chi connectivity index (χ0v) is 10.8. The molecule has 0 N–H and O–H groups in total. The number of benzene rings is 1. The third-order valence-electron chi connectivity index (χ3n) is 2.49. The third kappa shape index (κ3) is 9.76. The van der Waals surface area contributed by atoms with Gasteiger partial charge in [-0.25, -0.2) is 0 Å². The zero-order valence-electron chi connectivity index (χ0n) is 10.8. The summed E-state index contributed by atoms with van der Waals surface area (Å²) in [6.07, 6.45) is 8.87. The van der Waals surface area contributed by atoms with Crippen molar-refractivity contribution in [3.05, 3.63) is 49.7 Å². The molecule has 16 heavy (non-hydrogen) atoms. The van der Waals surface area contributed by atoms with Crippen molar-refractivity contribution in [2.75, 3.05) is 0 Å². The van der Waals surface area contributed by atoms with Crippen molar-refractivity contribution < 1.29 is 0 Å². The van der Waals surface area contributed by atoms with E-state index in [1.807, 2.05) is 18.2 Å². The molecule has 0 aliphatic heterocycles. The molecule has 0 spiro atoms. The van der Waals surface area contributed by atoms with Gasteiger partial charge >= 0.3 is 0 Å². The van der Waals surface area contributed by atoms with E-state index in [-0.39, 0.29) is 0 Å². The second-order valence-electron chi connectivity index (χ2n) is 4.00. The highest BCUT2D eigenvalue weighted by atomic mass is 13.9. The molecule has 0 saturated carbocycles. The first-order valence-electron chi connectivity index (χ1n) is 6.47. The molecule has 0 amide bonds. The van der Waals surface area contributed by atoms with Crippen molar-refractivity contribution in [1.82, 2.24) is 0 Å². The molecule has 0 nitrogen and oxygen atoms in total. The van der Waals surface area contributed by atoms with Gasteiger partial charge in [0.05, 0.1) is 0 Å². The van der Waals surface area contributed by atoms with Crippen molar-refractivity contribution in [3.63, 3.8) is 0 Å². The maximum Gasteiger partial charge on any atom is -0.0279 e. The van der Waals surface area contributed by atoms with E-state index in [9.17, 15) is 0 Å². The van der Waals surface area contributed by atoms with Crippen LogP contribution in [0.25, 0.3) is 0 Å². The average molecular weight is 218 g/mol. The van der Waals surface area contributed by atoms with Gasteiger partial charge in [-0.2, -0.15) is 0 Å². The van der Waals surface area contributed by atoms with E-state index in [1.165, 1.54) is 37.7 Å². The van der Waals surface area contributed by atoms with Crippen molar-refractivity contribution in [2.45, 2.75) is 51.9 Å². The summed E-state index contributed by atoms with van der Waals surface area (Å²) in [5.74, 6) is 0. The summed E-state index contributed by atoms with van der Waals surface area (Å²) in [6, 6.07) is 10.2. The second-order valence-corrected chi connectivity index (χ2v) is 4.00. The van der Waals surface area contributed by atoms with Gasteiger partial charge in [-0.1, -0.05) is 82.7 Å². The Labute approximate surface area is 102 Å². The van der Waals surface area contributed by atoms with E-state index in [0.29, 0.717) is 0 Å².